The molecule has 2 aromatic rings. The minimum atomic E-state index is -0.107. The molecule has 1 aliphatic heterocycles. The van der Waals surface area contributed by atoms with E-state index in [-0.39, 0.29) is 11.5 Å². The largest absolute Gasteiger partial charge is 0.459 e. The van der Waals surface area contributed by atoms with Crippen LogP contribution in [0.3, 0.4) is 0 Å². The van der Waals surface area contributed by atoms with Gasteiger partial charge >= 0.3 is 0 Å². The van der Waals surface area contributed by atoms with Gasteiger partial charge in [-0.2, -0.15) is 0 Å². The maximum Gasteiger partial charge on any atom is 0.134 e. The highest BCUT2D eigenvalue weighted by Gasteiger charge is 2.44. The number of furan rings is 1. The molecule has 0 unspecified atom stereocenters. The van der Waals surface area contributed by atoms with Crippen LogP contribution in [0.2, 0.25) is 0 Å². The van der Waals surface area contributed by atoms with Crippen molar-refractivity contribution in [2.24, 2.45) is 5.41 Å². The van der Waals surface area contributed by atoms with Gasteiger partial charge in [0.2, 0.25) is 0 Å². The molecule has 0 amide bonds. The minimum Gasteiger partial charge on any atom is -0.459 e. The first kappa shape index (κ1) is 15.2. The van der Waals surface area contributed by atoms with Crippen LogP contribution in [0.1, 0.15) is 49.0 Å². The molecule has 4 rings (SSSR count). The lowest BCUT2D eigenvalue weighted by molar-refractivity contribution is -0.0136. The Morgan fingerprint density at radius 3 is 2.87 bits per heavy atom. The Morgan fingerprint density at radius 1 is 1.26 bits per heavy atom. The smallest absolute Gasteiger partial charge is 0.134 e. The molecular weight excluding hydrogens is 286 g/mol. The van der Waals surface area contributed by atoms with Crippen LogP contribution in [0, 0.1) is 19.3 Å². The summed E-state index contributed by atoms with van der Waals surface area (Å²) in [6.07, 6.45) is 5.61. The molecular formula is C20H27NO2. The third-order valence-corrected chi connectivity index (χ3v) is 6.10. The fraction of sp³-hybridized carbons (Fsp3) is 0.600. The van der Waals surface area contributed by atoms with Crippen molar-refractivity contribution in [3.8, 4) is 0 Å². The second kappa shape index (κ2) is 5.64. The van der Waals surface area contributed by atoms with Crippen LogP contribution in [-0.4, -0.2) is 29.2 Å². The molecule has 2 heterocycles. The predicted octanol–water partition coefficient (Wildman–Crippen LogP) is 4.18. The zero-order valence-electron chi connectivity index (χ0n) is 14.3. The van der Waals surface area contributed by atoms with E-state index >= 15 is 0 Å². The second-order valence-corrected chi connectivity index (χ2v) is 7.73. The number of fused-ring (bicyclic) bond motifs is 1. The van der Waals surface area contributed by atoms with Crippen LogP contribution in [0.25, 0.3) is 11.0 Å². The summed E-state index contributed by atoms with van der Waals surface area (Å²) in [5.74, 6) is 1.09. The lowest BCUT2D eigenvalue weighted by Crippen LogP contribution is -2.46. The maximum absolute atomic E-state index is 10.4. The van der Waals surface area contributed by atoms with Crippen molar-refractivity contribution in [2.45, 2.75) is 58.6 Å². The first-order chi connectivity index (χ1) is 11.1. The third kappa shape index (κ3) is 2.60. The van der Waals surface area contributed by atoms with E-state index in [9.17, 15) is 5.11 Å². The summed E-state index contributed by atoms with van der Waals surface area (Å²) in [5, 5.41) is 11.7. The van der Waals surface area contributed by atoms with E-state index in [4.69, 9.17) is 4.42 Å². The van der Waals surface area contributed by atoms with Crippen molar-refractivity contribution >= 4 is 11.0 Å². The van der Waals surface area contributed by atoms with Crippen molar-refractivity contribution in [1.82, 2.24) is 4.90 Å². The number of rotatable bonds is 2. The quantitative estimate of drug-likeness (QED) is 0.903. The number of aryl methyl sites for hydroxylation is 2. The number of hydrogen-bond acceptors (Lipinski definition) is 3. The predicted molar refractivity (Wildman–Crippen MR) is 92.5 cm³/mol. The van der Waals surface area contributed by atoms with Gasteiger partial charge in [0.1, 0.15) is 11.3 Å². The number of aliphatic hydroxyl groups is 1. The first-order valence-electron chi connectivity index (χ1n) is 8.96. The molecule has 1 aromatic carbocycles. The van der Waals surface area contributed by atoms with E-state index in [2.05, 4.69) is 36.9 Å². The Bertz CT molecular complexity index is 720. The van der Waals surface area contributed by atoms with Crippen molar-refractivity contribution in [3.63, 3.8) is 0 Å². The van der Waals surface area contributed by atoms with E-state index in [1.165, 1.54) is 42.2 Å². The van der Waals surface area contributed by atoms with Gasteiger partial charge in [-0.15, -0.1) is 0 Å². The van der Waals surface area contributed by atoms with Gasteiger partial charge in [-0.1, -0.05) is 18.1 Å². The van der Waals surface area contributed by atoms with Gasteiger partial charge in [-0.05, 0) is 63.8 Å². The van der Waals surface area contributed by atoms with E-state index in [1.807, 2.05) is 0 Å². The van der Waals surface area contributed by atoms with Crippen LogP contribution in [-0.2, 0) is 6.54 Å². The minimum absolute atomic E-state index is 0.107. The highest BCUT2D eigenvalue weighted by molar-refractivity contribution is 5.82. The summed E-state index contributed by atoms with van der Waals surface area (Å²) >= 11 is 0. The molecule has 124 valence electrons. The number of likely N-dealkylation sites (tertiary alicyclic amines) is 1. The number of nitrogens with zero attached hydrogens (tertiary/aromatic N) is 1. The van der Waals surface area contributed by atoms with E-state index in [0.29, 0.717) is 0 Å². The summed E-state index contributed by atoms with van der Waals surface area (Å²) in [4.78, 5) is 2.50. The van der Waals surface area contributed by atoms with Crippen LogP contribution in [0.5, 0.6) is 0 Å². The zero-order chi connectivity index (χ0) is 16.0. The molecule has 1 spiro atoms. The van der Waals surface area contributed by atoms with Gasteiger partial charge < -0.3 is 9.52 Å². The van der Waals surface area contributed by atoms with E-state index in [1.54, 1.807) is 0 Å². The lowest BCUT2D eigenvalue weighted by Gasteiger charge is -2.42. The molecule has 23 heavy (non-hydrogen) atoms. The molecule has 1 aliphatic carbocycles. The first-order valence-corrected chi connectivity index (χ1v) is 8.96. The van der Waals surface area contributed by atoms with Gasteiger partial charge in [-0.3, -0.25) is 4.90 Å². The average molecular weight is 313 g/mol. The molecule has 3 nitrogen and oxygen atoms in total. The topological polar surface area (TPSA) is 36.6 Å². The molecule has 2 aliphatic rings. The number of hydrogen-bond donors (Lipinski definition) is 1. The fourth-order valence-electron chi connectivity index (χ4n) is 4.73. The Hall–Kier alpha value is -1.32. The average Bonchev–Trinajstić information content (AvgIpc) is 3.02. The Balaban J connectivity index is 1.57. The van der Waals surface area contributed by atoms with Crippen LogP contribution < -0.4 is 0 Å². The molecule has 1 aromatic heterocycles. The van der Waals surface area contributed by atoms with Gasteiger partial charge in [0.25, 0.3) is 0 Å². The Morgan fingerprint density at radius 2 is 2.09 bits per heavy atom. The second-order valence-electron chi connectivity index (χ2n) is 7.73. The SMILES string of the molecule is Cc1ccc2oc(CN3CCC[C@]4(CCC[C@H]4O)C3)c(C)c2c1. The highest BCUT2D eigenvalue weighted by Crippen LogP contribution is 2.45. The lowest BCUT2D eigenvalue weighted by atomic mass is 9.76. The molecule has 1 saturated carbocycles. The molecule has 2 fully saturated rings. The van der Waals surface area contributed by atoms with Gasteiger partial charge in [0, 0.05) is 17.3 Å². The summed E-state index contributed by atoms with van der Waals surface area (Å²) in [6, 6.07) is 6.41. The molecule has 0 radical (unpaired) electrons. The maximum atomic E-state index is 10.4. The number of piperidine rings is 1. The van der Waals surface area contributed by atoms with Gasteiger partial charge in [-0.25, -0.2) is 0 Å². The standard InChI is InChI=1S/C20H27NO2/c1-14-6-7-17-16(11-14)15(2)18(23-17)12-21-10-4-9-20(13-21)8-3-5-19(20)22/h6-7,11,19,22H,3-5,8-10,12-13H2,1-2H3/t19-,20-/m1/s1. The van der Waals surface area contributed by atoms with E-state index < -0.39 is 0 Å². The van der Waals surface area contributed by atoms with Gasteiger partial charge in [0.15, 0.2) is 0 Å². The van der Waals surface area contributed by atoms with Crippen molar-refractivity contribution in [2.75, 3.05) is 13.1 Å². The molecule has 3 heteroatoms. The van der Waals surface area contributed by atoms with Gasteiger partial charge in [0.05, 0.1) is 12.6 Å². The summed E-state index contributed by atoms with van der Waals surface area (Å²) in [7, 11) is 0. The summed E-state index contributed by atoms with van der Waals surface area (Å²) < 4.78 is 6.13. The summed E-state index contributed by atoms with van der Waals surface area (Å²) in [5.41, 5.74) is 3.69. The molecule has 0 bridgehead atoms. The summed E-state index contributed by atoms with van der Waals surface area (Å²) in [6.45, 7) is 7.30. The third-order valence-electron chi connectivity index (χ3n) is 6.10. The molecule has 1 N–H and O–H groups in total. The molecule has 2 atom stereocenters. The van der Waals surface area contributed by atoms with Crippen LogP contribution in [0.15, 0.2) is 22.6 Å². The normalized spacial score (nSPS) is 28.9. The van der Waals surface area contributed by atoms with Crippen molar-refractivity contribution in [1.29, 1.82) is 0 Å². The Kier molecular flexibility index (Phi) is 3.73. The Labute approximate surface area is 138 Å². The molecule has 1 saturated heterocycles. The highest BCUT2D eigenvalue weighted by atomic mass is 16.3. The van der Waals surface area contributed by atoms with Crippen molar-refractivity contribution in [3.05, 3.63) is 35.1 Å². The van der Waals surface area contributed by atoms with Crippen molar-refractivity contribution < 1.29 is 9.52 Å². The van der Waals surface area contributed by atoms with Crippen LogP contribution in [0.4, 0.5) is 0 Å². The monoisotopic (exact) mass is 313 g/mol. The number of benzene rings is 1. The van der Waals surface area contributed by atoms with Crippen LogP contribution >= 0.6 is 0 Å². The fourth-order valence-corrected chi connectivity index (χ4v) is 4.73. The number of aliphatic hydroxyl groups excluding tert-OH is 1. The zero-order valence-corrected chi connectivity index (χ0v) is 14.3. The van der Waals surface area contributed by atoms with E-state index in [0.717, 1.165) is 37.4 Å².